The fourth-order valence-electron chi connectivity index (χ4n) is 2.53. The Morgan fingerprint density at radius 1 is 1.28 bits per heavy atom. The molecule has 0 spiro atoms. The second-order valence-electron chi connectivity index (χ2n) is 5.55. The summed E-state index contributed by atoms with van der Waals surface area (Å²) in [6, 6.07) is 6.53. The number of rotatable bonds is 3. The molecule has 1 aromatic carbocycles. The van der Waals surface area contributed by atoms with Gasteiger partial charge in [-0.05, 0) is 30.5 Å². The van der Waals surface area contributed by atoms with Crippen molar-refractivity contribution >= 4 is 0 Å². The van der Waals surface area contributed by atoms with Crippen LogP contribution in [0.5, 0.6) is 5.75 Å². The van der Waals surface area contributed by atoms with Crippen molar-refractivity contribution in [1.82, 2.24) is 10.6 Å². The predicted molar refractivity (Wildman–Crippen MR) is 75.3 cm³/mol. The lowest BCUT2D eigenvalue weighted by atomic mass is 9.87. The summed E-state index contributed by atoms with van der Waals surface area (Å²) in [4.78, 5) is 0. The number of ether oxygens (including phenoxy) is 1. The second-order valence-corrected chi connectivity index (χ2v) is 5.55. The van der Waals surface area contributed by atoms with Crippen molar-refractivity contribution in [3.63, 3.8) is 0 Å². The highest BCUT2D eigenvalue weighted by Crippen LogP contribution is 2.33. The lowest BCUT2D eigenvalue weighted by molar-refractivity contribution is 0.289. The van der Waals surface area contributed by atoms with Crippen LogP contribution in [-0.2, 0) is 5.54 Å². The molecule has 0 amide bonds. The van der Waals surface area contributed by atoms with Crippen molar-refractivity contribution in [2.24, 2.45) is 0 Å². The fourth-order valence-corrected chi connectivity index (χ4v) is 2.53. The zero-order valence-electron chi connectivity index (χ0n) is 11.8. The average Bonchev–Trinajstić information content (AvgIpc) is 2.38. The molecule has 3 heteroatoms. The molecule has 2 rings (SSSR count). The molecule has 1 aliphatic heterocycles. The SMILES string of the molecule is COc1ccc(C(C)C)cc1C1(C)CNCCN1. The molecule has 1 fully saturated rings. The molecular formula is C15H24N2O. The smallest absolute Gasteiger partial charge is 0.123 e. The van der Waals surface area contributed by atoms with Crippen LogP contribution < -0.4 is 15.4 Å². The second kappa shape index (κ2) is 5.29. The first-order valence-electron chi connectivity index (χ1n) is 6.71. The lowest BCUT2D eigenvalue weighted by Gasteiger charge is -2.37. The monoisotopic (exact) mass is 248 g/mol. The van der Waals surface area contributed by atoms with Crippen molar-refractivity contribution in [3.05, 3.63) is 29.3 Å². The molecule has 0 radical (unpaired) electrons. The Labute approximate surface area is 110 Å². The first-order chi connectivity index (χ1) is 8.57. The Bertz CT molecular complexity index is 409. The molecule has 1 saturated heterocycles. The van der Waals surface area contributed by atoms with Gasteiger partial charge in [-0.3, -0.25) is 0 Å². The third kappa shape index (κ3) is 2.52. The molecule has 0 bridgehead atoms. The van der Waals surface area contributed by atoms with Gasteiger partial charge in [0, 0.05) is 25.2 Å². The Balaban J connectivity index is 2.42. The van der Waals surface area contributed by atoms with Crippen molar-refractivity contribution in [3.8, 4) is 5.75 Å². The van der Waals surface area contributed by atoms with Crippen LogP contribution in [0.25, 0.3) is 0 Å². The van der Waals surface area contributed by atoms with Gasteiger partial charge < -0.3 is 15.4 Å². The molecule has 1 aromatic rings. The lowest BCUT2D eigenvalue weighted by Crippen LogP contribution is -2.55. The molecule has 1 unspecified atom stereocenters. The quantitative estimate of drug-likeness (QED) is 0.860. The largest absolute Gasteiger partial charge is 0.496 e. The van der Waals surface area contributed by atoms with Crippen LogP contribution >= 0.6 is 0 Å². The van der Waals surface area contributed by atoms with Gasteiger partial charge in [-0.15, -0.1) is 0 Å². The fraction of sp³-hybridized carbons (Fsp3) is 0.600. The third-order valence-electron chi connectivity index (χ3n) is 3.78. The summed E-state index contributed by atoms with van der Waals surface area (Å²) in [6.07, 6.45) is 0. The van der Waals surface area contributed by atoms with Gasteiger partial charge in [0.2, 0.25) is 0 Å². The number of benzene rings is 1. The number of piperazine rings is 1. The van der Waals surface area contributed by atoms with E-state index in [1.807, 2.05) is 0 Å². The van der Waals surface area contributed by atoms with E-state index in [4.69, 9.17) is 4.74 Å². The number of hydrogen-bond donors (Lipinski definition) is 2. The molecule has 3 nitrogen and oxygen atoms in total. The topological polar surface area (TPSA) is 33.3 Å². The maximum atomic E-state index is 5.53. The summed E-state index contributed by atoms with van der Waals surface area (Å²) in [6.45, 7) is 9.64. The van der Waals surface area contributed by atoms with Gasteiger partial charge in [-0.1, -0.05) is 19.9 Å². The highest BCUT2D eigenvalue weighted by molar-refractivity contribution is 5.43. The molecule has 0 aliphatic carbocycles. The highest BCUT2D eigenvalue weighted by atomic mass is 16.5. The average molecular weight is 248 g/mol. The zero-order valence-corrected chi connectivity index (χ0v) is 11.8. The third-order valence-corrected chi connectivity index (χ3v) is 3.78. The Kier molecular flexibility index (Phi) is 3.93. The van der Waals surface area contributed by atoms with Crippen molar-refractivity contribution in [1.29, 1.82) is 0 Å². The number of methoxy groups -OCH3 is 1. The van der Waals surface area contributed by atoms with Crippen LogP contribution in [0.15, 0.2) is 18.2 Å². The van der Waals surface area contributed by atoms with E-state index in [0.717, 1.165) is 25.4 Å². The van der Waals surface area contributed by atoms with Gasteiger partial charge in [0.1, 0.15) is 5.75 Å². The van der Waals surface area contributed by atoms with Crippen LogP contribution in [0.3, 0.4) is 0 Å². The summed E-state index contributed by atoms with van der Waals surface area (Å²) in [5, 5.41) is 7.07. The zero-order chi connectivity index (χ0) is 13.2. The van der Waals surface area contributed by atoms with Crippen LogP contribution in [0.1, 0.15) is 37.8 Å². The summed E-state index contributed by atoms with van der Waals surface area (Å²) >= 11 is 0. The minimum atomic E-state index is -0.0471. The standard InChI is InChI=1S/C15H24N2O/c1-11(2)12-5-6-14(18-4)13(9-12)15(3)10-16-7-8-17-15/h5-6,9,11,16-17H,7-8,10H2,1-4H3. The van der Waals surface area contributed by atoms with E-state index in [-0.39, 0.29) is 5.54 Å². The predicted octanol–water partition coefficient (Wildman–Crippen LogP) is 2.23. The summed E-state index contributed by atoms with van der Waals surface area (Å²) in [5.41, 5.74) is 2.57. The normalized spacial score (nSPS) is 24.3. The maximum absolute atomic E-state index is 5.53. The van der Waals surface area contributed by atoms with Crippen molar-refractivity contribution in [2.45, 2.75) is 32.2 Å². The highest BCUT2D eigenvalue weighted by Gasteiger charge is 2.31. The van der Waals surface area contributed by atoms with Crippen LogP contribution in [0, 0.1) is 0 Å². The van der Waals surface area contributed by atoms with Crippen molar-refractivity contribution in [2.75, 3.05) is 26.7 Å². The Morgan fingerprint density at radius 3 is 2.61 bits per heavy atom. The molecule has 100 valence electrons. The van der Waals surface area contributed by atoms with E-state index in [2.05, 4.69) is 49.6 Å². The van der Waals surface area contributed by atoms with Gasteiger partial charge >= 0.3 is 0 Å². The van der Waals surface area contributed by atoms with Crippen LogP contribution in [0.2, 0.25) is 0 Å². The summed E-state index contributed by atoms with van der Waals surface area (Å²) in [7, 11) is 1.74. The molecule has 1 heterocycles. The molecular weight excluding hydrogens is 224 g/mol. The van der Waals surface area contributed by atoms with Gasteiger partial charge in [0.25, 0.3) is 0 Å². The van der Waals surface area contributed by atoms with Gasteiger partial charge in [-0.25, -0.2) is 0 Å². The van der Waals surface area contributed by atoms with Gasteiger partial charge in [0.15, 0.2) is 0 Å². The van der Waals surface area contributed by atoms with E-state index in [1.54, 1.807) is 7.11 Å². The van der Waals surface area contributed by atoms with Crippen molar-refractivity contribution < 1.29 is 4.74 Å². The van der Waals surface area contributed by atoms with Crippen LogP contribution in [-0.4, -0.2) is 26.7 Å². The minimum Gasteiger partial charge on any atom is -0.496 e. The minimum absolute atomic E-state index is 0.0471. The Morgan fingerprint density at radius 2 is 2.06 bits per heavy atom. The number of hydrogen-bond acceptors (Lipinski definition) is 3. The van der Waals surface area contributed by atoms with E-state index < -0.39 is 0 Å². The summed E-state index contributed by atoms with van der Waals surface area (Å²) in [5.74, 6) is 1.51. The molecule has 1 atom stereocenters. The van der Waals surface area contributed by atoms with E-state index in [1.165, 1.54) is 11.1 Å². The van der Waals surface area contributed by atoms with Gasteiger partial charge in [0.05, 0.1) is 12.6 Å². The van der Waals surface area contributed by atoms with Gasteiger partial charge in [-0.2, -0.15) is 0 Å². The van der Waals surface area contributed by atoms with E-state index >= 15 is 0 Å². The molecule has 2 N–H and O–H groups in total. The maximum Gasteiger partial charge on any atom is 0.123 e. The first kappa shape index (κ1) is 13.4. The van der Waals surface area contributed by atoms with Crippen LogP contribution in [0.4, 0.5) is 0 Å². The Hall–Kier alpha value is -1.06. The summed E-state index contributed by atoms with van der Waals surface area (Å²) < 4.78 is 5.53. The first-order valence-corrected chi connectivity index (χ1v) is 6.71. The number of nitrogens with one attached hydrogen (secondary N) is 2. The van der Waals surface area contributed by atoms with E-state index in [9.17, 15) is 0 Å². The van der Waals surface area contributed by atoms with E-state index in [0.29, 0.717) is 5.92 Å². The molecule has 0 saturated carbocycles. The molecule has 1 aliphatic rings. The molecule has 18 heavy (non-hydrogen) atoms. The molecule has 0 aromatic heterocycles.